The van der Waals surface area contributed by atoms with Crippen LogP contribution < -0.4 is 15.4 Å². The van der Waals surface area contributed by atoms with Crippen LogP contribution in [-0.2, 0) is 16.6 Å². The molecule has 2 aromatic carbocycles. The number of benzene rings is 2. The van der Waals surface area contributed by atoms with Gasteiger partial charge < -0.3 is 10.6 Å². The van der Waals surface area contributed by atoms with Gasteiger partial charge in [0.2, 0.25) is 10.0 Å². The molecule has 0 spiro atoms. The number of aliphatic imine (C=N–C) groups is 1. The van der Waals surface area contributed by atoms with Gasteiger partial charge in [-0.25, -0.2) is 18.1 Å². The summed E-state index contributed by atoms with van der Waals surface area (Å²) in [6.07, 6.45) is 0. The largest absolute Gasteiger partial charge is 0.357 e. The van der Waals surface area contributed by atoms with Crippen molar-refractivity contribution >= 4 is 16.0 Å². The maximum Gasteiger partial charge on any atom is 0.240 e. The van der Waals surface area contributed by atoms with Crippen molar-refractivity contribution in [1.82, 2.24) is 15.4 Å². The number of hydrogen-bond donors (Lipinski definition) is 3. The van der Waals surface area contributed by atoms with Crippen molar-refractivity contribution in [1.29, 1.82) is 0 Å². The SMILES string of the molecule is CCNC(=NCc1ccc(S(=O)(=O)NC)cc1)NC(C)c1ccccc1. The lowest BCUT2D eigenvalue weighted by molar-refractivity contribution is 0.588. The van der Waals surface area contributed by atoms with E-state index in [1.807, 2.05) is 25.1 Å². The van der Waals surface area contributed by atoms with Crippen LogP contribution in [0.2, 0.25) is 0 Å². The van der Waals surface area contributed by atoms with Crippen molar-refractivity contribution in [2.45, 2.75) is 31.3 Å². The molecule has 0 heterocycles. The number of nitrogens with one attached hydrogen (secondary N) is 3. The average Bonchev–Trinajstić information content (AvgIpc) is 2.67. The Morgan fingerprint density at radius 2 is 1.73 bits per heavy atom. The van der Waals surface area contributed by atoms with Crippen LogP contribution in [0, 0.1) is 0 Å². The minimum atomic E-state index is -3.41. The summed E-state index contributed by atoms with van der Waals surface area (Å²) in [6.45, 7) is 5.31. The Morgan fingerprint density at radius 3 is 2.31 bits per heavy atom. The summed E-state index contributed by atoms with van der Waals surface area (Å²) in [5.74, 6) is 0.718. The third-order valence-corrected chi connectivity index (χ3v) is 5.35. The summed E-state index contributed by atoms with van der Waals surface area (Å²) >= 11 is 0. The zero-order valence-corrected chi connectivity index (χ0v) is 16.2. The Bertz CT molecular complexity index is 818. The van der Waals surface area contributed by atoms with E-state index in [1.165, 1.54) is 12.6 Å². The normalized spacial score (nSPS) is 13.3. The molecule has 26 heavy (non-hydrogen) atoms. The second kappa shape index (κ2) is 9.35. The van der Waals surface area contributed by atoms with E-state index in [0.717, 1.165) is 18.1 Å². The molecule has 7 heteroatoms. The lowest BCUT2D eigenvalue weighted by Gasteiger charge is -2.18. The highest BCUT2D eigenvalue weighted by molar-refractivity contribution is 7.89. The molecular weight excluding hydrogens is 348 g/mol. The van der Waals surface area contributed by atoms with Gasteiger partial charge in [-0.1, -0.05) is 42.5 Å². The lowest BCUT2D eigenvalue weighted by atomic mass is 10.1. The standard InChI is InChI=1S/C19H26N4O2S/c1-4-21-19(23-15(2)17-8-6-5-7-9-17)22-14-16-10-12-18(13-11-16)26(24,25)20-3/h5-13,15,20H,4,14H2,1-3H3,(H2,21,22,23). The Kier molecular flexibility index (Phi) is 7.17. The molecule has 0 saturated heterocycles. The maximum atomic E-state index is 11.8. The number of guanidine groups is 1. The maximum absolute atomic E-state index is 11.8. The first kappa shape index (κ1) is 19.9. The fourth-order valence-corrected chi connectivity index (χ4v) is 3.14. The van der Waals surface area contributed by atoms with E-state index < -0.39 is 10.0 Å². The predicted octanol–water partition coefficient (Wildman–Crippen LogP) is 2.41. The van der Waals surface area contributed by atoms with E-state index >= 15 is 0 Å². The number of rotatable bonds is 7. The van der Waals surface area contributed by atoms with Gasteiger partial charge in [-0.05, 0) is 44.2 Å². The predicted molar refractivity (Wildman–Crippen MR) is 105 cm³/mol. The molecule has 140 valence electrons. The quantitative estimate of drug-likeness (QED) is 0.513. The molecule has 1 unspecified atom stereocenters. The Morgan fingerprint density at radius 1 is 1.08 bits per heavy atom. The third-order valence-electron chi connectivity index (χ3n) is 3.92. The second-order valence-corrected chi connectivity index (χ2v) is 7.71. The second-order valence-electron chi connectivity index (χ2n) is 5.82. The van der Waals surface area contributed by atoms with E-state index in [-0.39, 0.29) is 10.9 Å². The molecule has 2 aromatic rings. The van der Waals surface area contributed by atoms with Crippen molar-refractivity contribution < 1.29 is 8.42 Å². The highest BCUT2D eigenvalue weighted by Crippen LogP contribution is 2.12. The van der Waals surface area contributed by atoms with Crippen LogP contribution in [0.5, 0.6) is 0 Å². The first-order chi connectivity index (χ1) is 12.5. The smallest absolute Gasteiger partial charge is 0.240 e. The van der Waals surface area contributed by atoms with Crippen molar-refractivity contribution in [2.24, 2.45) is 4.99 Å². The van der Waals surface area contributed by atoms with E-state index in [9.17, 15) is 8.42 Å². The molecule has 0 fully saturated rings. The van der Waals surface area contributed by atoms with E-state index in [1.54, 1.807) is 24.3 Å². The molecular formula is C19H26N4O2S. The molecule has 0 radical (unpaired) electrons. The third kappa shape index (κ3) is 5.57. The van der Waals surface area contributed by atoms with Crippen molar-refractivity contribution in [3.8, 4) is 0 Å². The topological polar surface area (TPSA) is 82.6 Å². The Balaban J connectivity index is 2.07. The zero-order valence-electron chi connectivity index (χ0n) is 15.4. The molecule has 6 nitrogen and oxygen atoms in total. The van der Waals surface area contributed by atoms with Crippen molar-refractivity contribution in [2.75, 3.05) is 13.6 Å². The molecule has 0 aliphatic heterocycles. The van der Waals surface area contributed by atoms with Gasteiger partial charge in [-0.2, -0.15) is 0 Å². The first-order valence-corrected chi connectivity index (χ1v) is 10.1. The number of hydrogen-bond acceptors (Lipinski definition) is 3. The van der Waals surface area contributed by atoms with Gasteiger partial charge in [-0.3, -0.25) is 0 Å². The summed E-state index contributed by atoms with van der Waals surface area (Å²) in [4.78, 5) is 4.84. The molecule has 0 saturated carbocycles. The van der Waals surface area contributed by atoms with Crippen molar-refractivity contribution in [3.63, 3.8) is 0 Å². The van der Waals surface area contributed by atoms with E-state index in [4.69, 9.17) is 0 Å². The molecule has 0 aliphatic rings. The van der Waals surface area contributed by atoms with Crippen molar-refractivity contribution in [3.05, 3.63) is 65.7 Å². The van der Waals surface area contributed by atoms with Crippen LogP contribution in [0.15, 0.2) is 64.5 Å². The summed E-state index contributed by atoms with van der Waals surface area (Å²) in [7, 11) is -2.01. The fourth-order valence-electron chi connectivity index (χ4n) is 2.41. The van der Waals surface area contributed by atoms with Crippen LogP contribution in [0.4, 0.5) is 0 Å². The van der Waals surface area contributed by atoms with E-state index in [0.29, 0.717) is 6.54 Å². The van der Waals surface area contributed by atoms with Gasteiger partial charge in [0, 0.05) is 6.54 Å². The highest BCUT2D eigenvalue weighted by atomic mass is 32.2. The minimum Gasteiger partial charge on any atom is -0.357 e. The van der Waals surface area contributed by atoms with Gasteiger partial charge >= 0.3 is 0 Å². The molecule has 3 N–H and O–H groups in total. The molecule has 2 rings (SSSR count). The van der Waals surface area contributed by atoms with Crippen LogP contribution in [0.1, 0.15) is 31.0 Å². The van der Waals surface area contributed by atoms with Gasteiger partial charge in [0.1, 0.15) is 0 Å². The summed E-state index contributed by atoms with van der Waals surface area (Å²) in [6, 6.07) is 17.0. The van der Waals surface area contributed by atoms with Gasteiger partial charge in [-0.15, -0.1) is 0 Å². The lowest BCUT2D eigenvalue weighted by Crippen LogP contribution is -2.38. The van der Waals surface area contributed by atoms with E-state index in [2.05, 4.69) is 39.4 Å². The van der Waals surface area contributed by atoms with Gasteiger partial charge in [0.05, 0.1) is 17.5 Å². The Hall–Kier alpha value is -2.38. The van der Waals surface area contributed by atoms with Crippen LogP contribution in [0.25, 0.3) is 0 Å². The highest BCUT2D eigenvalue weighted by Gasteiger charge is 2.10. The minimum absolute atomic E-state index is 0.122. The molecule has 1 atom stereocenters. The van der Waals surface area contributed by atoms with Gasteiger partial charge in [0.25, 0.3) is 0 Å². The number of nitrogens with zero attached hydrogens (tertiary/aromatic N) is 1. The number of sulfonamides is 1. The summed E-state index contributed by atoms with van der Waals surface area (Å²) in [5.41, 5.74) is 2.12. The fraction of sp³-hybridized carbons (Fsp3) is 0.316. The molecule has 0 aromatic heterocycles. The molecule has 0 amide bonds. The summed E-state index contributed by atoms with van der Waals surface area (Å²) < 4.78 is 25.8. The van der Waals surface area contributed by atoms with Crippen LogP contribution >= 0.6 is 0 Å². The summed E-state index contributed by atoms with van der Waals surface area (Å²) in [5, 5.41) is 6.61. The Labute approximate surface area is 155 Å². The zero-order chi connectivity index (χ0) is 19.0. The average molecular weight is 375 g/mol. The molecule has 0 bridgehead atoms. The molecule has 0 aliphatic carbocycles. The van der Waals surface area contributed by atoms with Crippen LogP contribution in [-0.4, -0.2) is 28.0 Å². The van der Waals surface area contributed by atoms with Crippen LogP contribution in [0.3, 0.4) is 0 Å². The van der Waals surface area contributed by atoms with Gasteiger partial charge in [0.15, 0.2) is 5.96 Å². The first-order valence-electron chi connectivity index (χ1n) is 8.58. The monoisotopic (exact) mass is 374 g/mol.